The summed E-state index contributed by atoms with van der Waals surface area (Å²) in [5.41, 5.74) is 3.39. The number of pyridine rings is 1. The molecule has 0 atom stereocenters. The molecule has 0 radical (unpaired) electrons. The molecule has 29 heavy (non-hydrogen) atoms. The van der Waals surface area contributed by atoms with E-state index in [2.05, 4.69) is 20.1 Å². The van der Waals surface area contributed by atoms with Crippen LogP contribution < -0.4 is 10.0 Å². The van der Waals surface area contributed by atoms with E-state index in [-0.39, 0.29) is 11.4 Å². The second kappa shape index (κ2) is 8.26. The maximum Gasteiger partial charge on any atom is 0.240 e. The van der Waals surface area contributed by atoms with Gasteiger partial charge in [0.05, 0.1) is 22.5 Å². The summed E-state index contributed by atoms with van der Waals surface area (Å²) in [5, 5.41) is 7.34. The van der Waals surface area contributed by atoms with Crippen LogP contribution in [0.3, 0.4) is 0 Å². The van der Waals surface area contributed by atoms with Crippen molar-refractivity contribution in [2.45, 2.75) is 11.4 Å². The first-order valence-electron chi connectivity index (χ1n) is 8.96. The van der Waals surface area contributed by atoms with Gasteiger partial charge >= 0.3 is 0 Å². The number of nitrogens with one attached hydrogen (secondary N) is 2. The van der Waals surface area contributed by atoms with Gasteiger partial charge in [0.15, 0.2) is 0 Å². The van der Waals surface area contributed by atoms with Crippen LogP contribution >= 0.6 is 0 Å². The quantitative estimate of drug-likeness (QED) is 0.491. The normalized spacial score (nSPS) is 11.3. The van der Waals surface area contributed by atoms with Gasteiger partial charge in [0.2, 0.25) is 10.0 Å². The van der Waals surface area contributed by atoms with Crippen molar-refractivity contribution in [1.82, 2.24) is 19.5 Å². The number of nitrogens with zero attached hydrogens (tertiary/aromatic N) is 3. The second-order valence-electron chi connectivity index (χ2n) is 6.33. The van der Waals surface area contributed by atoms with E-state index in [1.165, 1.54) is 0 Å². The van der Waals surface area contributed by atoms with Crippen LogP contribution in [-0.4, -0.2) is 23.2 Å². The van der Waals surface area contributed by atoms with Crippen LogP contribution in [0.5, 0.6) is 0 Å². The Morgan fingerprint density at radius 2 is 1.66 bits per heavy atom. The van der Waals surface area contributed by atoms with Gasteiger partial charge in [-0.25, -0.2) is 17.8 Å². The molecule has 0 saturated heterocycles. The Hall–Kier alpha value is -3.49. The maximum atomic E-state index is 12.6. The molecule has 7 nitrogen and oxygen atoms in total. The highest BCUT2D eigenvalue weighted by molar-refractivity contribution is 7.89. The minimum Gasteiger partial charge on any atom is -0.354 e. The van der Waals surface area contributed by atoms with Gasteiger partial charge in [-0.15, -0.1) is 0 Å². The molecule has 2 aromatic heterocycles. The lowest BCUT2D eigenvalue weighted by Crippen LogP contribution is -2.23. The SMILES string of the molecule is O=S(=O)(NCc1ccc(-n2cccn2)cc1)c1ccc(Nc2cccnc2)cc1. The number of anilines is 2. The van der Waals surface area contributed by atoms with Gasteiger partial charge in [-0.3, -0.25) is 4.98 Å². The predicted octanol–water partition coefficient (Wildman–Crippen LogP) is 3.49. The van der Waals surface area contributed by atoms with Crippen molar-refractivity contribution >= 4 is 21.4 Å². The van der Waals surface area contributed by atoms with Crippen LogP contribution in [0.2, 0.25) is 0 Å². The van der Waals surface area contributed by atoms with Crippen LogP contribution in [0, 0.1) is 0 Å². The highest BCUT2D eigenvalue weighted by Gasteiger charge is 2.13. The molecule has 4 aromatic rings. The zero-order valence-electron chi connectivity index (χ0n) is 15.4. The molecule has 0 spiro atoms. The molecule has 146 valence electrons. The van der Waals surface area contributed by atoms with E-state index in [9.17, 15) is 8.42 Å². The van der Waals surface area contributed by atoms with Gasteiger partial charge in [-0.1, -0.05) is 12.1 Å². The molecule has 0 aliphatic rings. The van der Waals surface area contributed by atoms with Gasteiger partial charge in [0, 0.05) is 30.8 Å². The summed E-state index contributed by atoms with van der Waals surface area (Å²) < 4.78 is 29.5. The highest BCUT2D eigenvalue weighted by atomic mass is 32.2. The molecule has 0 aliphatic carbocycles. The van der Waals surface area contributed by atoms with Crippen LogP contribution in [0.25, 0.3) is 5.69 Å². The van der Waals surface area contributed by atoms with Gasteiger partial charge in [-0.2, -0.15) is 5.10 Å². The Bertz CT molecular complexity index is 1160. The van der Waals surface area contributed by atoms with Gasteiger partial charge in [0.25, 0.3) is 0 Å². The molecule has 2 heterocycles. The predicted molar refractivity (Wildman–Crippen MR) is 112 cm³/mol. The third-order valence-corrected chi connectivity index (χ3v) is 5.70. The molecular weight excluding hydrogens is 386 g/mol. The topological polar surface area (TPSA) is 88.9 Å². The summed E-state index contributed by atoms with van der Waals surface area (Å²) in [6, 6.07) is 19.7. The Morgan fingerprint density at radius 1 is 0.862 bits per heavy atom. The lowest BCUT2D eigenvalue weighted by atomic mass is 10.2. The van der Waals surface area contributed by atoms with E-state index in [1.54, 1.807) is 47.5 Å². The summed E-state index contributed by atoms with van der Waals surface area (Å²) in [6.45, 7) is 0.206. The van der Waals surface area contributed by atoms with E-state index >= 15 is 0 Å². The van der Waals surface area contributed by atoms with E-state index in [4.69, 9.17) is 0 Å². The number of aromatic nitrogens is 3. The molecule has 0 aliphatic heterocycles. The molecule has 0 amide bonds. The van der Waals surface area contributed by atoms with Crippen molar-refractivity contribution in [3.05, 3.63) is 97.1 Å². The molecular formula is C21H19N5O2S. The fourth-order valence-corrected chi connectivity index (χ4v) is 3.79. The second-order valence-corrected chi connectivity index (χ2v) is 8.10. The number of rotatable bonds is 7. The molecule has 4 rings (SSSR count). The number of hydrogen-bond donors (Lipinski definition) is 2. The summed E-state index contributed by atoms with van der Waals surface area (Å²) in [5.74, 6) is 0. The van der Waals surface area contributed by atoms with Crippen molar-refractivity contribution in [2.24, 2.45) is 0 Å². The third-order valence-electron chi connectivity index (χ3n) is 4.29. The number of benzene rings is 2. The molecule has 2 aromatic carbocycles. The Morgan fingerprint density at radius 3 is 2.31 bits per heavy atom. The molecule has 0 saturated carbocycles. The largest absolute Gasteiger partial charge is 0.354 e. The smallest absolute Gasteiger partial charge is 0.240 e. The number of sulfonamides is 1. The Labute approximate surface area is 169 Å². The fraction of sp³-hybridized carbons (Fsp3) is 0.0476. The first-order chi connectivity index (χ1) is 14.1. The highest BCUT2D eigenvalue weighted by Crippen LogP contribution is 2.18. The Kier molecular flexibility index (Phi) is 5.37. The lowest BCUT2D eigenvalue weighted by molar-refractivity contribution is 0.581. The van der Waals surface area contributed by atoms with Gasteiger partial charge in [0.1, 0.15) is 0 Å². The number of hydrogen-bond acceptors (Lipinski definition) is 5. The van der Waals surface area contributed by atoms with Crippen molar-refractivity contribution in [3.8, 4) is 5.69 Å². The summed E-state index contributed by atoms with van der Waals surface area (Å²) >= 11 is 0. The van der Waals surface area contributed by atoms with E-state index < -0.39 is 10.0 Å². The summed E-state index contributed by atoms with van der Waals surface area (Å²) in [6.07, 6.45) is 6.95. The molecule has 0 fully saturated rings. The van der Waals surface area contributed by atoms with Crippen LogP contribution in [0.15, 0.2) is 96.4 Å². The van der Waals surface area contributed by atoms with Crippen molar-refractivity contribution in [1.29, 1.82) is 0 Å². The molecule has 0 unspecified atom stereocenters. The summed E-state index contributed by atoms with van der Waals surface area (Å²) in [7, 11) is -3.61. The van der Waals surface area contributed by atoms with Crippen LogP contribution in [0.1, 0.15) is 5.56 Å². The van der Waals surface area contributed by atoms with Gasteiger partial charge in [-0.05, 0) is 60.2 Å². The molecule has 0 bridgehead atoms. The third kappa shape index (κ3) is 4.68. The maximum absolute atomic E-state index is 12.6. The Balaban J connectivity index is 1.39. The minimum atomic E-state index is -3.61. The van der Waals surface area contributed by atoms with Crippen molar-refractivity contribution in [3.63, 3.8) is 0 Å². The average Bonchev–Trinajstić information content (AvgIpc) is 3.29. The van der Waals surface area contributed by atoms with Gasteiger partial charge < -0.3 is 5.32 Å². The lowest BCUT2D eigenvalue weighted by Gasteiger charge is -2.10. The van der Waals surface area contributed by atoms with E-state index in [1.807, 2.05) is 48.7 Å². The first-order valence-corrected chi connectivity index (χ1v) is 10.4. The van der Waals surface area contributed by atoms with Crippen molar-refractivity contribution in [2.75, 3.05) is 5.32 Å². The van der Waals surface area contributed by atoms with E-state index in [0.717, 1.165) is 22.6 Å². The first kappa shape index (κ1) is 18.9. The van der Waals surface area contributed by atoms with Crippen LogP contribution in [-0.2, 0) is 16.6 Å². The minimum absolute atomic E-state index is 0.206. The summed E-state index contributed by atoms with van der Waals surface area (Å²) in [4.78, 5) is 4.25. The average molecular weight is 405 g/mol. The zero-order chi connectivity index (χ0) is 20.1. The fourth-order valence-electron chi connectivity index (χ4n) is 2.77. The van der Waals surface area contributed by atoms with Crippen LogP contribution in [0.4, 0.5) is 11.4 Å². The zero-order valence-corrected chi connectivity index (χ0v) is 16.3. The standard InChI is InChI=1S/C21H19N5O2S/c27-29(28,21-10-6-18(7-11-21)25-19-3-1-12-22-16-19)24-15-17-4-8-20(9-5-17)26-14-2-13-23-26/h1-14,16,24-25H,15H2. The molecule has 8 heteroatoms. The monoisotopic (exact) mass is 405 g/mol. The molecule has 2 N–H and O–H groups in total. The van der Waals surface area contributed by atoms with Crippen molar-refractivity contribution < 1.29 is 8.42 Å². The van der Waals surface area contributed by atoms with E-state index in [0.29, 0.717) is 0 Å².